The van der Waals surface area contributed by atoms with Crippen molar-refractivity contribution in [2.45, 2.75) is 12.8 Å². The first-order valence-corrected chi connectivity index (χ1v) is 6.24. The third-order valence-electron chi connectivity index (χ3n) is 2.36. The lowest BCUT2D eigenvalue weighted by Gasteiger charge is -2.11. The molecule has 0 aliphatic carbocycles. The van der Waals surface area contributed by atoms with E-state index in [0.717, 1.165) is 17.4 Å². The number of aromatic nitrogens is 2. The fraction of sp³-hybridized carbons (Fsp3) is 0.273. The molecule has 17 heavy (non-hydrogen) atoms. The van der Waals surface area contributed by atoms with E-state index in [1.165, 1.54) is 0 Å². The molecule has 4 N–H and O–H groups in total. The maximum atomic E-state index is 5.30. The SMILES string of the molecule is CC(CNc1cccc(NN)n1)c1nccs1. The maximum absolute atomic E-state index is 5.30. The molecule has 0 aliphatic rings. The molecule has 0 fully saturated rings. The average molecular weight is 249 g/mol. The minimum absolute atomic E-state index is 0.367. The van der Waals surface area contributed by atoms with Crippen molar-refractivity contribution in [3.63, 3.8) is 0 Å². The smallest absolute Gasteiger partial charge is 0.142 e. The molecule has 0 saturated heterocycles. The van der Waals surface area contributed by atoms with Gasteiger partial charge in [-0.25, -0.2) is 15.8 Å². The van der Waals surface area contributed by atoms with E-state index >= 15 is 0 Å². The Hall–Kier alpha value is -1.66. The summed E-state index contributed by atoms with van der Waals surface area (Å²) in [6.07, 6.45) is 1.83. The van der Waals surface area contributed by atoms with Gasteiger partial charge in [-0.3, -0.25) is 0 Å². The molecule has 90 valence electrons. The number of nitrogens with two attached hydrogens (primary N) is 1. The lowest BCUT2D eigenvalue weighted by atomic mass is 10.2. The van der Waals surface area contributed by atoms with Crippen molar-refractivity contribution in [1.82, 2.24) is 9.97 Å². The van der Waals surface area contributed by atoms with Crippen LogP contribution in [-0.2, 0) is 0 Å². The maximum Gasteiger partial charge on any atom is 0.142 e. The van der Waals surface area contributed by atoms with Crippen LogP contribution >= 0.6 is 11.3 Å². The number of rotatable bonds is 5. The highest BCUT2D eigenvalue weighted by Gasteiger charge is 2.07. The molecule has 2 rings (SSSR count). The molecular weight excluding hydrogens is 234 g/mol. The third kappa shape index (κ3) is 3.15. The quantitative estimate of drug-likeness (QED) is 0.558. The molecule has 5 nitrogen and oxygen atoms in total. The number of pyridine rings is 1. The van der Waals surface area contributed by atoms with Crippen LogP contribution in [0.1, 0.15) is 17.8 Å². The van der Waals surface area contributed by atoms with Gasteiger partial charge < -0.3 is 10.7 Å². The van der Waals surface area contributed by atoms with Crippen molar-refractivity contribution >= 4 is 23.0 Å². The van der Waals surface area contributed by atoms with E-state index in [2.05, 4.69) is 27.6 Å². The molecule has 0 bridgehead atoms. The van der Waals surface area contributed by atoms with E-state index in [1.54, 1.807) is 11.3 Å². The average Bonchev–Trinajstić information content (AvgIpc) is 2.90. The number of hydrogen-bond acceptors (Lipinski definition) is 6. The van der Waals surface area contributed by atoms with Crippen LogP contribution < -0.4 is 16.6 Å². The van der Waals surface area contributed by atoms with Gasteiger partial charge >= 0.3 is 0 Å². The van der Waals surface area contributed by atoms with Gasteiger partial charge in [0.1, 0.15) is 11.6 Å². The molecule has 2 heterocycles. The summed E-state index contributed by atoms with van der Waals surface area (Å²) in [5.41, 5.74) is 2.52. The van der Waals surface area contributed by atoms with Crippen LogP contribution in [0.15, 0.2) is 29.8 Å². The second kappa shape index (κ2) is 5.60. The summed E-state index contributed by atoms with van der Waals surface area (Å²) in [5.74, 6) is 7.13. The molecule has 0 amide bonds. The molecule has 0 saturated carbocycles. The van der Waals surface area contributed by atoms with E-state index < -0.39 is 0 Å². The van der Waals surface area contributed by atoms with E-state index in [9.17, 15) is 0 Å². The number of thiazole rings is 1. The molecule has 0 radical (unpaired) electrons. The molecule has 1 atom stereocenters. The van der Waals surface area contributed by atoms with Crippen LogP contribution in [0.25, 0.3) is 0 Å². The highest BCUT2D eigenvalue weighted by Crippen LogP contribution is 2.18. The van der Waals surface area contributed by atoms with Crippen molar-refractivity contribution in [2.75, 3.05) is 17.3 Å². The van der Waals surface area contributed by atoms with Crippen molar-refractivity contribution in [2.24, 2.45) is 5.84 Å². The van der Waals surface area contributed by atoms with Gasteiger partial charge in [0.25, 0.3) is 0 Å². The number of nitrogens with zero attached hydrogens (tertiary/aromatic N) is 2. The fourth-order valence-electron chi connectivity index (χ4n) is 1.44. The molecule has 0 aromatic carbocycles. The fourth-order valence-corrected chi connectivity index (χ4v) is 2.13. The third-order valence-corrected chi connectivity index (χ3v) is 3.37. The molecule has 0 spiro atoms. The monoisotopic (exact) mass is 249 g/mol. The van der Waals surface area contributed by atoms with Gasteiger partial charge in [-0.2, -0.15) is 0 Å². The second-order valence-corrected chi connectivity index (χ2v) is 4.63. The normalized spacial score (nSPS) is 12.1. The Balaban J connectivity index is 1.93. The minimum Gasteiger partial charge on any atom is -0.369 e. The van der Waals surface area contributed by atoms with Gasteiger partial charge in [-0.1, -0.05) is 13.0 Å². The van der Waals surface area contributed by atoms with Crippen LogP contribution in [0.4, 0.5) is 11.6 Å². The zero-order chi connectivity index (χ0) is 12.1. The number of hydrogen-bond donors (Lipinski definition) is 3. The number of hydrazine groups is 1. The second-order valence-electron chi connectivity index (χ2n) is 3.70. The van der Waals surface area contributed by atoms with Crippen LogP contribution in [0.5, 0.6) is 0 Å². The van der Waals surface area contributed by atoms with Gasteiger partial charge in [0.05, 0.1) is 5.01 Å². The first-order chi connectivity index (χ1) is 8.29. The predicted octanol–water partition coefficient (Wildman–Crippen LogP) is 2.04. The van der Waals surface area contributed by atoms with E-state index in [0.29, 0.717) is 11.7 Å². The highest BCUT2D eigenvalue weighted by atomic mass is 32.1. The lowest BCUT2D eigenvalue weighted by molar-refractivity contribution is 0.792. The zero-order valence-corrected chi connectivity index (χ0v) is 10.4. The Kier molecular flexibility index (Phi) is 3.89. The summed E-state index contributed by atoms with van der Waals surface area (Å²) in [4.78, 5) is 8.57. The van der Waals surface area contributed by atoms with Crippen LogP contribution in [0.2, 0.25) is 0 Å². The Labute approximate surface area is 104 Å². The lowest BCUT2D eigenvalue weighted by Crippen LogP contribution is -2.13. The van der Waals surface area contributed by atoms with Crippen molar-refractivity contribution in [1.29, 1.82) is 0 Å². The summed E-state index contributed by atoms with van der Waals surface area (Å²) in [7, 11) is 0. The summed E-state index contributed by atoms with van der Waals surface area (Å²) >= 11 is 1.67. The predicted molar refractivity (Wildman–Crippen MR) is 71.1 cm³/mol. The summed E-state index contributed by atoms with van der Waals surface area (Å²) in [6, 6.07) is 5.63. The summed E-state index contributed by atoms with van der Waals surface area (Å²) in [6.45, 7) is 2.94. The van der Waals surface area contributed by atoms with Crippen LogP contribution in [-0.4, -0.2) is 16.5 Å². The van der Waals surface area contributed by atoms with Gasteiger partial charge in [0, 0.05) is 24.0 Å². The standard InChI is InChI=1S/C11H15N5S/c1-8(11-13-5-6-17-11)7-14-9-3-2-4-10(15-9)16-12/h2-6,8H,7,12H2,1H3,(H2,14,15,16). The van der Waals surface area contributed by atoms with E-state index in [1.807, 2.05) is 29.8 Å². The van der Waals surface area contributed by atoms with Crippen LogP contribution in [0.3, 0.4) is 0 Å². The molecule has 1 unspecified atom stereocenters. The van der Waals surface area contributed by atoms with Gasteiger partial charge in [-0.15, -0.1) is 11.3 Å². The zero-order valence-electron chi connectivity index (χ0n) is 9.55. The van der Waals surface area contributed by atoms with Crippen molar-refractivity contribution in [3.05, 3.63) is 34.8 Å². The van der Waals surface area contributed by atoms with Gasteiger partial charge in [0.2, 0.25) is 0 Å². The Morgan fingerprint density at radius 3 is 2.94 bits per heavy atom. The molecular formula is C11H15N5S. The van der Waals surface area contributed by atoms with Crippen molar-refractivity contribution < 1.29 is 0 Å². The first-order valence-electron chi connectivity index (χ1n) is 5.36. The number of nitrogen functional groups attached to an aromatic ring is 1. The Morgan fingerprint density at radius 2 is 2.24 bits per heavy atom. The van der Waals surface area contributed by atoms with Crippen molar-refractivity contribution in [3.8, 4) is 0 Å². The van der Waals surface area contributed by atoms with E-state index in [-0.39, 0.29) is 0 Å². The van der Waals surface area contributed by atoms with Crippen LogP contribution in [0, 0.1) is 0 Å². The molecule has 2 aromatic heterocycles. The molecule has 0 aliphatic heterocycles. The molecule has 2 aromatic rings. The van der Waals surface area contributed by atoms with Gasteiger partial charge in [-0.05, 0) is 12.1 Å². The number of nitrogens with one attached hydrogen (secondary N) is 2. The first kappa shape index (κ1) is 11.8. The summed E-state index contributed by atoms with van der Waals surface area (Å²) in [5, 5.41) is 6.39. The van der Waals surface area contributed by atoms with E-state index in [4.69, 9.17) is 5.84 Å². The topological polar surface area (TPSA) is 75.9 Å². The summed E-state index contributed by atoms with van der Waals surface area (Å²) < 4.78 is 0. The minimum atomic E-state index is 0.367. The Morgan fingerprint density at radius 1 is 1.41 bits per heavy atom. The largest absolute Gasteiger partial charge is 0.369 e. The Bertz CT molecular complexity index is 457. The van der Waals surface area contributed by atoms with Gasteiger partial charge in [0.15, 0.2) is 0 Å². The number of anilines is 2. The molecule has 6 heteroatoms. The highest BCUT2D eigenvalue weighted by molar-refractivity contribution is 7.09.